The minimum absolute atomic E-state index is 0.211. The largest absolute Gasteiger partial charge is 0.417 e. The van der Waals surface area contributed by atoms with Crippen LogP contribution in [-0.2, 0) is 10.9 Å². The topological polar surface area (TPSA) is 41.6 Å². The highest BCUT2D eigenvalue weighted by Crippen LogP contribution is 2.31. The van der Waals surface area contributed by atoms with Gasteiger partial charge in [0.15, 0.2) is 0 Å². The van der Waals surface area contributed by atoms with Crippen molar-refractivity contribution in [2.75, 3.05) is 26.7 Å². The van der Waals surface area contributed by atoms with Crippen LogP contribution in [0.2, 0.25) is 0 Å². The van der Waals surface area contributed by atoms with Crippen LogP contribution in [0.15, 0.2) is 24.3 Å². The molecule has 1 fully saturated rings. The second-order valence-electron chi connectivity index (χ2n) is 5.34. The van der Waals surface area contributed by atoms with Gasteiger partial charge in [-0.05, 0) is 26.1 Å². The molecule has 1 aromatic carbocycles. The number of carbonyl (C=O) groups excluding carboxylic acids is 1. The third kappa shape index (κ3) is 3.78. The minimum Gasteiger partial charge on any atom is -0.375 e. The van der Waals surface area contributed by atoms with E-state index in [1.54, 1.807) is 0 Å². The Kier molecular flexibility index (Phi) is 5.08. The average Bonchev–Trinajstić information content (AvgIpc) is 2.78. The van der Waals surface area contributed by atoms with Crippen LogP contribution in [0.1, 0.15) is 22.8 Å². The minimum atomic E-state index is -4.56. The van der Waals surface area contributed by atoms with Gasteiger partial charge >= 0.3 is 6.18 Å². The molecule has 1 saturated heterocycles. The van der Waals surface area contributed by atoms with Crippen LogP contribution >= 0.6 is 0 Å². The lowest BCUT2D eigenvalue weighted by molar-refractivity contribution is -0.137. The predicted molar refractivity (Wildman–Crippen MR) is 75.6 cm³/mol. The van der Waals surface area contributed by atoms with Crippen molar-refractivity contribution in [3.63, 3.8) is 0 Å². The van der Waals surface area contributed by atoms with E-state index in [0.29, 0.717) is 19.7 Å². The standard InChI is InChI=1S/C15H19F3N2O2/c1-3-22-13-9-20(2)8-12(13)19-14(21)10-6-4-5-7-11(10)15(16,17)18/h4-7,12-13H,3,8-9H2,1-2H3,(H,19,21). The third-order valence-corrected chi connectivity index (χ3v) is 3.62. The maximum atomic E-state index is 13.0. The first-order valence-corrected chi connectivity index (χ1v) is 7.10. The Morgan fingerprint density at radius 1 is 1.36 bits per heavy atom. The van der Waals surface area contributed by atoms with E-state index in [0.717, 1.165) is 6.07 Å². The molecule has 2 atom stereocenters. The summed E-state index contributed by atoms with van der Waals surface area (Å²) in [4.78, 5) is 14.2. The zero-order valence-electron chi connectivity index (χ0n) is 12.5. The summed E-state index contributed by atoms with van der Waals surface area (Å²) < 4.78 is 44.4. The lowest BCUT2D eigenvalue weighted by Crippen LogP contribution is -2.44. The van der Waals surface area contributed by atoms with Crippen molar-refractivity contribution in [1.82, 2.24) is 10.2 Å². The van der Waals surface area contributed by atoms with Gasteiger partial charge in [-0.2, -0.15) is 13.2 Å². The summed E-state index contributed by atoms with van der Waals surface area (Å²) in [7, 11) is 1.88. The Balaban J connectivity index is 2.16. The Hall–Kier alpha value is -1.60. The number of alkyl halides is 3. The van der Waals surface area contributed by atoms with Crippen molar-refractivity contribution in [3.05, 3.63) is 35.4 Å². The van der Waals surface area contributed by atoms with Crippen LogP contribution < -0.4 is 5.32 Å². The summed E-state index contributed by atoms with van der Waals surface area (Å²) in [6, 6.07) is 4.47. The number of carbonyl (C=O) groups is 1. The quantitative estimate of drug-likeness (QED) is 0.925. The van der Waals surface area contributed by atoms with Gasteiger partial charge in [0.05, 0.1) is 23.3 Å². The fourth-order valence-electron chi connectivity index (χ4n) is 2.66. The van der Waals surface area contributed by atoms with E-state index in [-0.39, 0.29) is 17.7 Å². The number of hydrogen-bond donors (Lipinski definition) is 1. The lowest BCUT2D eigenvalue weighted by atomic mass is 10.1. The van der Waals surface area contributed by atoms with Crippen LogP contribution in [0.4, 0.5) is 13.2 Å². The van der Waals surface area contributed by atoms with Crippen LogP contribution in [0.3, 0.4) is 0 Å². The average molecular weight is 316 g/mol. The third-order valence-electron chi connectivity index (χ3n) is 3.62. The number of nitrogens with one attached hydrogen (secondary N) is 1. The molecule has 1 amide bonds. The highest BCUT2D eigenvalue weighted by atomic mass is 19.4. The molecule has 1 aromatic rings. The van der Waals surface area contributed by atoms with Crippen LogP contribution in [0.25, 0.3) is 0 Å². The lowest BCUT2D eigenvalue weighted by Gasteiger charge is -2.21. The molecule has 0 radical (unpaired) electrons. The highest BCUT2D eigenvalue weighted by Gasteiger charge is 2.37. The van der Waals surface area contributed by atoms with E-state index in [4.69, 9.17) is 4.74 Å². The van der Waals surface area contributed by atoms with Crippen molar-refractivity contribution >= 4 is 5.91 Å². The molecular formula is C15H19F3N2O2. The summed E-state index contributed by atoms with van der Waals surface area (Å²) in [6.45, 7) is 3.52. The first kappa shape index (κ1) is 16.8. The monoisotopic (exact) mass is 316 g/mol. The number of hydrogen-bond acceptors (Lipinski definition) is 3. The van der Waals surface area contributed by atoms with E-state index in [1.165, 1.54) is 18.2 Å². The zero-order valence-corrected chi connectivity index (χ0v) is 12.5. The van der Waals surface area contributed by atoms with Gasteiger partial charge in [0.2, 0.25) is 0 Å². The maximum absolute atomic E-state index is 13.0. The Morgan fingerprint density at radius 2 is 2.05 bits per heavy atom. The zero-order chi connectivity index (χ0) is 16.3. The van der Waals surface area contributed by atoms with Gasteiger partial charge in [-0.1, -0.05) is 12.1 Å². The van der Waals surface area contributed by atoms with E-state index in [9.17, 15) is 18.0 Å². The molecule has 1 N–H and O–H groups in total. The molecule has 1 aliphatic rings. The van der Waals surface area contributed by atoms with Crippen molar-refractivity contribution in [1.29, 1.82) is 0 Å². The van der Waals surface area contributed by atoms with E-state index in [2.05, 4.69) is 5.32 Å². The first-order valence-electron chi connectivity index (χ1n) is 7.10. The number of rotatable bonds is 4. The number of amides is 1. The fourth-order valence-corrected chi connectivity index (χ4v) is 2.66. The Morgan fingerprint density at radius 3 is 2.68 bits per heavy atom. The van der Waals surface area contributed by atoms with Crippen LogP contribution in [0.5, 0.6) is 0 Å². The Bertz CT molecular complexity index is 534. The molecule has 7 heteroatoms. The molecule has 2 unspecified atom stereocenters. The normalized spacial score (nSPS) is 22.8. The van der Waals surface area contributed by atoms with Gasteiger partial charge < -0.3 is 15.0 Å². The van der Waals surface area contributed by atoms with E-state index in [1.807, 2.05) is 18.9 Å². The molecule has 0 spiro atoms. The molecule has 0 bridgehead atoms. The van der Waals surface area contributed by atoms with Crippen LogP contribution in [-0.4, -0.2) is 49.7 Å². The summed E-state index contributed by atoms with van der Waals surface area (Å²) in [5, 5.41) is 2.67. The summed E-state index contributed by atoms with van der Waals surface area (Å²) in [5.74, 6) is -0.724. The Labute approximate surface area is 127 Å². The van der Waals surface area contributed by atoms with Gasteiger partial charge in [0.1, 0.15) is 0 Å². The molecule has 4 nitrogen and oxygen atoms in total. The second-order valence-corrected chi connectivity index (χ2v) is 5.34. The molecular weight excluding hydrogens is 297 g/mol. The number of likely N-dealkylation sites (N-methyl/N-ethyl adjacent to an activating group) is 1. The first-order chi connectivity index (χ1) is 10.3. The molecule has 0 saturated carbocycles. The smallest absolute Gasteiger partial charge is 0.375 e. The molecule has 1 heterocycles. The number of benzene rings is 1. The molecule has 22 heavy (non-hydrogen) atoms. The predicted octanol–water partition coefficient (Wildman–Crippen LogP) is 2.15. The second kappa shape index (κ2) is 6.66. The van der Waals surface area contributed by atoms with Crippen molar-refractivity contribution < 1.29 is 22.7 Å². The number of nitrogens with zero attached hydrogens (tertiary/aromatic N) is 1. The SMILES string of the molecule is CCOC1CN(C)CC1NC(=O)c1ccccc1C(F)(F)F. The summed E-state index contributed by atoms with van der Waals surface area (Å²) >= 11 is 0. The number of halogens is 3. The number of ether oxygens (including phenoxy) is 1. The van der Waals surface area contributed by atoms with Gasteiger partial charge in [-0.3, -0.25) is 4.79 Å². The summed E-state index contributed by atoms with van der Waals surface area (Å²) in [6.07, 6.45) is -4.77. The van der Waals surface area contributed by atoms with Gasteiger partial charge in [0.25, 0.3) is 5.91 Å². The van der Waals surface area contributed by atoms with Gasteiger partial charge in [-0.15, -0.1) is 0 Å². The molecule has 0 aromatic heterocycles. The summed E-state index contributed by atoms with van der Waals surface area (Å²) in [5.41, 5.74) is -1.29. The molecule has 0 aliphatic carbocycles. The van der Waals surface area contributed by atoms with Crippen LogP contribution in [0, 0.1) is 0 Å². The maximum Gasteiger partial charge on any atom is 0.417 e. The molecule has 2 rings (SSSR count). The van der Waals surface area contributed by atoms with Crippen molar-refractivity contribution in [3.8, 4) is 0 Å². The van der Waals surface area contributed by atoms with Crippen molar-refractivity contribution in [2.45, 2.75) is 25.2 Å². The number of likely N-dealkylation sites (tertiary alicyclic amines) is 1. The van der Waals surface area contributed by atoms with E-state index >= 15 is 0 Å². The van der Waals surface area contributed by atoms with E-state index < -0.39 is 17.6 Å². The molecule has 122 valence electrons. The van der Waals surface area contributed by atoms with Gasteiger partial charge in [-0.25, -0.2) is 0 Å². The fraction of sp³-hybridized carbons (Fsp3) is 0.533. The molecule has 1 aliphatic heterocycles. The van der Waals surface area contributed by atoms with Gasteiger partial charge in [0, 0.05) is 19.7 Å². The van der Waals surface area contributed by atoms with Crippen molar-refractivity contribution in [2.24, 2.45) is 0 Å². The highest BCUT2D eigenvalue weighted by molar-refractivity contribution is 5.96.